The van der Waals surface area contributed by atoms with Gasteiger partial charge in [-0.25, -0.2) is 0 Å². The van der Waals surface area contributed by atoms with Crippen molar-refractivity contribution in [2.45, 2.75) is 31.3 Å². The Bertz CT molecular complexity index is 618. The fourth-order valence-corrected chi connectivity index (χ4v) is 3.57. The third kappa shape index (κ3) is 3.72. The zero-order chi connectivity index (χ0) is 16.1. The summed E-state index contributed by atoms with van der Waals surface area (Å²) in [5.74, 6) is 0. The van der Waals surface area contributed by atoms with E-state index in [9.17, 15) is 0 Å². The number of hydrogen-bond acceptors (Lipinski definition) is 2. The van der Waals surface area contributed by atoms with Gasteiger partial charge in [0.25, 0.3) is 0 Å². The minimum atomic E-state index is 0.0695. The maximum atomic E-state index is 6.60. The second-order valence-corrected chi connectivity index (χ2v) is 6.36. The number of nitrogens with two attached hydrogens (primary N) is 1. The van der Waals surface area contributed by atoms with Gasteiger partial charge in [-0.05, 0) is 36.1 Å². The van der Waals surface area contributed by atoms with Gasteiger partial charge in [0.1, 0.15) is 0 Å². The molecule has 1 aliphatic rings. The van der Waals surface area contributed by atoms with E-state index in [4.69, 9.17) is 5.73 Å². The molecule has 0 amide bonds. The Morgan fingerprint density at radius 3 is 2.43 bits per heavy atom. The zero-order valence-electron chi connectivity index (χ0n) is 13.7. The van der Waals surface area contributed by atoms with Crippen LogP contribution in [-0.2, 0) is 0 Å². The topological polar surface area (TPSA) is 29.3 Å². The summed E-state index contributed by atoms with van der Waals surface area (Å²) in [5, 5.41) is 0. The molecule has 1 saturated heterocycles. The Labute approximate surface area is 139 Å². The molecule has 0 saturated carbocycles. The Hall–Kier alpha value is -1.90. The minimum absolute atomic E-state index is 0.0695. The predicted octanol–water partition coefficient (Wildman–Crippen LogP) is 4.39. The van der Waals surface area contributed by atoms with E-state index in [1.807, 2.05) is 12.1 Å². The van der Waals surface area contributed by atoms with Crippen molar-refractivity contribution in [3.05, 3.63) is 72.8 Å². The van der Waals surface area contributed by atoms with E-state index in [0.717, 1.165) is 13.1 Å². The number of hydrogen-bond donors (Lipinski definition) is 1. The molecule has 2 heteroatoms. The third-order valence-electron chi connectivity index (χ3n) is 4.85. The highest BCUT2D eigenvalue weighted by molar-refractivity contribution is 5.63. The first-order valence-corrected chi connectivity index (χ1v) is 8.55. The van der Waals surface area contributed by atoms with Crippen molar-refractivity contribution < 1.29 is 0 Å². The predicted molar refractivity (Wildman–Crippen MR) is 98.2 cm³/mol. The lowest BCUT2D eigenvalue weighted by atomic mass is 9.90. The Morgan fingerprint density at radius 2 is 1.74 bits per heavy atom. The van der Waals surface area contributed by atoms with Gasteiger partial charge in [0.15, 0.2) is 0 Å². The van der Waals surface area contributed by atoms with E-state index in [-0.39, 0.29) is 6.04 Å². The highest BCUT2D eigenvalue weighted by atomic mass is 15.2. The van der Waals surface area contributed by atoms with Crippen molar-refractivity contribution in [1.82, 2.24) is 4.90 Å². The summed E-state index contributed by atoms with van der Waals surface area (Å²) in [4.78, 5) is 2.48. The van der Waals surface area contributed by atoms with Gasteiger partial charge in [-0.1, -0.05) is 67.1 Å². The van der Waals surface area contributed by atoms with Crippen LogP contribution in [0.4, 0.5) is 0 Å². The lowest BCUT2D eigenvalue weighted by Gasteiger charge is -2.38. The van der Waals surface area contributed by atoms with Crippen molar-refractivity contribution >= 4 is 0 Å². The molecule has 2 aromatic carbocycles. The fraction of sp³-hybridized carbons (Fsp3) is 0.333. The second-order valence-electron chi connectivity index (χ2n) is 6.36. The molecule has 0 radical (unpaired) electrons. The van der Waals surface area contributed by atoms with Gasteiger partial charge >= 0.3 is 0 Å². The van der Waals surface area contributed by atoms with Crippen LogP contribution < -0.4 is 5.73 Å². The zero-order valence-corrected chi connectivity index (χ0v) is 13.7. The first-order chi connectivity index (χ1) is 11.3. The quantitative estimate of drug-likeness (QED) is 0.830. The van der Waals surface area contributed by atoms with E-state index in [1.54, 1.807) is 0 Å². The first kappa shape index (κ1) is 16.0. The van der Waals surface area contributed by atoms with E-state index >= 15 is 0 Å². The van der Waals surface area contributed by atoms with Gasteiger partial charge < -0.3 is 5.73 Å². The maximum Gasteiger partial charge on any atom is 0.0453 e. The molecule has 0 aromatic heterocycles. The summed E-state index contributed by atoms with van der Waals surface area (Å²) in [6, 6.07) is 19.7. The molecular weight excluding hydrogens is 280 g/mol. The second kappa shape index (κ2) is 7.58. The number of rotatable bonds is 5. The van der Waals surface area contributed by atoms with Crippen LogP contribution in [0.25, 0.3) is 11.1 Å². The average Bonchev–Trinajstić information content (AvgIpc) is 2.63. The van der Waals surface area contributed by atoms with Crippen LogP contribution in [0.1, 0.15) is 30.9 Å². The highest BCUT2D eigenvalue weighted by Gasteiger charge is 2.27. The van der Waals surface area contributed by atoms with Crippen molar-refractivity contribution in [3.63, 3.8) is 0 Å². The summed E-state index contributed by atoms with van der Waals surface area (Å²) in [6.45, 7) is 5.95. The van der Waals surface area contributed by atoms with Crippen molar-refractivity contribution in [2.75, 3.05) is 13.1 Å². The van der Waals surface area contributed by atoms with E-state index < -0.39 is 0 Å². The largest absolute Gasteiger partial charge is 0.323 e. The maximum absolute atomic E-state index is 6.60. The SMILES string of the molecule is C=CCN1CCCC[C@H]1[C@@H](N)c1ccc(-c2ccccc2)cc1. The molecule has 1 heterocycles. The van der Waals surface area contributed by atoms with Gasteiger partial charge in [0.2, 0.25) is 0 Å². The number of nitrogens with zero attached hydrogens (tertiary/aromatic N) is 1. The van der Waals surface area contributed by atoms with Crippen LogP contribution in [0.15, 0.2) is 67.3 Å². The van der Waals surface area contributed by atoms with Gasteiger partial charge in [0, 0.05) is 18.6 Å². The Kier molecular flexibility index (Phi) is 5.27. The van der Waals surface area contributed by atoms with Crippen LogP contribution in [0.5, 0.6) is 0 Å². The molecule has 1 aliphatic heterocycles. The molecule has 2 atom stereocenters. The number of piperidine rings is 1. The number of benzene rings is 2. The summed E-state index contributed by atoms with van der Waals surface area (Å²) in [7, 11) is 0. The molecule has 0 bridgehead atoms. The monoisotopic (exact) mass is 306 g/mol. The summed E-state index contributed by atoms with van der Waals surface area (Å²) in [5.41, 5.74) is 10.3. The average molecular weight is 306 g/mol. The van der Waals surface area contributed by atoms with Crippen LogP contribution in [0, 0.1) is 0 Å². The standard InChI is InChI=1S/C21H26N2/c1-2-15-23-16-7-6-10-20(23)21(22)19-13-11-18(12-14-19)17-8-4-3-5-9-17/h2-5,8-9,11-14,20-21H,1,6-7,10,15-16,22H2/t20-,21-/m0/s1. The third-order valence-corrected chi connectivity index (χ3v) is 4.85. The first-order valence-electron chi connectivity index (χ1n) is 8.55. The van der Waals surface area contributed by atoms with E-state index in [0.29, 0.717) is 6.04 Å². The normalized spacial score (nSPS) is 20.1. The lowest BCUT2D eigenvalue weighted by molar-refractivity contribution is 0.141. The highest BCUT2D eigenvalue weighted by Crippen LogP contribution is 2.28. The lowest BCUT2D eigenvalue weighted by Crippen LogP contribution is -2.45. The molecule has 120 valence electrons. The molecule has 2 aromatic rings. The van der Waals surface area contributed by atoms with Crippen molar-refractivity contribution in [2.24, 2.45) is 5.73 Å². The summed E-state index contributed by atoms with van der Waals surface area (Å²) >= 11 is 0. The number of likely N-dealkylation sites (tertiary alicyclic amines) is 1. The van der Waals surface area contributed by atoms with Crippen LogP contribution >= 0.6 is 0 Å². The van der Waals surface area contributed by atoms with Gasteiger partial charge in [-0.2, -0.15) is 0 Å². The fourth-order valence-electron chi connectivity index (χ4n) is 3.57. The van der Waals surface area contributed by atoms with Crippen molar-refractivity contribution in [1.29, 1.82) is 0 Å². The van der Waals surface area contributed by atoms with Gasteiger partial charge in [-0.3, -0.25) is 4.90 Å². The summed E-state index contributed by atoms with van der Waals surface area (Å²) in [6.07, 6.45) is 5.71. The molecular formula is C21H26N2. The van der Waals surface area contributed by atoms with Crippen LogP contribution in [0.3, 0.4) is 0 Å². The van der Waals surface area contributed by atoms with Gasteiger partial charge in [-0.15, -0.1) is 6.58 Å². The van der Waals surface area contributed by atoms with Crippen LogP contribution in [0.2, 0.25) is 0 Å². The molecule has 0 aliphatic carbocycles. The molecule has 0 unspecified atom stereocenters. The van der Waals surface area contributed by atoms with E-state index in [1.165, 1.54) is 36.0 Å². The van der Waals surface area contributed by atoms with Gasteiger partial charge in [0.05, 0.1) is 0 Å². The van der Waals surface area contributed by atoms with E-state index in [2.05, 4.69) is 60.0 Å². The summed E-state index contributed by atoms with van der Waals surface area (Å²) < 4.78 is 0. The van der Waals surface area contributed by atoms with Crippen LogP contribution in [-0.4, -0.2) is 24.0 Å². The molecule has 2 N–H and O–H groups in total. The Balaban J connectivity index is 1.76. The molecule has 1 fully saturated rings. The molecule has 3 rings (SSSR count). The molecule has 23 heavy (non-hydrogen) atoms. The minimum Gasteiger partial charge on any atom is -0.323 e. The molecule has 2 nitrogen and oxygen atoms in total. The smallest absolute Gasteiger partial charge is 0.0453 e. The van der Waals surface area contributed by atoms with Crippen molar-refractivity contribution in [3.8, 4) is 11.1 Å². The Morgan fingerprint density at radius 1 is 1.04 bits per heavy atom. The molecule has 0 spiro atoms.